The molecule has 0 aliphatic carbocycles. The average molecular weight is 254 g/mol. The number of halogens is 1. The molecule has 0 heterocycles. The summed E-state index contributed by atoms with van der Waals surface area (Å²) in [6.45, 7) is 2.27. The maximum atomic E-state index is 13.3. The van der Waals surface area contributed by atoms with Crippen LogP contribution in [0.1, 0.15) is 15.9 Å². The standard InChI is InChI=1S/C13H19FN2O2/c1-15(2)4-5-16(3)9-10-6-11(13(17)18)8-12(14)7-10/h6-8H,4-5,9H2,1-3H3,(H,17,18). The predicted molar refractivity (Wildman–Crippen MR) is 68.2 cm³/mol. The number of nitrogens with zero attached hydrogens (tertiary/aromatic N) is 2. The molecule has 0 unspecified atom stereocenters. The molecule has 1 N–H and O–H groups in total. The Morgan fingerprint density at radius 3 is 2.44 bits per heavy atom. The molecule has 1 aromatic rings. The van der Waals surface area contributed by atoms with Crippen LogP contribution in [0.4, 0.5) is 4.39 Å². The molecular weight excluding hydrogens is 235 g/mol. The van der Waals surface area contributed by atoms with Gasteiger partial charge < -0.3 is 14.9 Å². The van der Waals surface area contributed by atoms with E-state index in [0.29, 0.717) is 12.1 Å². The predicted octanol–water partition coefficient (Wildman–Crippen LogP) is 1.52. The summed E-state index contributed by atoms with van der Waals surface area (Å²) in [5.41, 5.74) is 0.666. The first-order chi connectivity index (χ1) is 8.38. The van der Waals surface area contributed by atoms with E-state index in [1.165, 1.54) is 12.1 Å². The Morgan fingerprint density at radius 2 is 1.89 bits per heavy atom. The minimum absolute atomic E-state index is 0.00832. The van der Waals surface area contributed by atoms with E-state index in [4.69, 9.17) is 5.11 Å². The van der Waals surface area contributed by atoms with Crippen LogP contribution in [-0.2, 0) is 6.54 Å². The lowest BCUT2D eigenvalue weighted by Crippen LogP contribution is -2.28. The van der Waals surface area contributed by atoms with Crippen molar-refractivity contribution in [2.24, 2.45) is 0 Å². The molecule has 0 atom stereocenters. The van der Waals surface area contributed by atoms with Crippen molar-refractivity contribution in [3.63, 3.8) is 0 Å². The second kappa shape index (κ2) is 6.47. The number of benzene rings is 1. The molecule has 4 nitrogen and oxygen atoms in total. The van der Waals surface area contributed by atoms with Gasteiger partial charge in [0.1, 0.15) is 5.82 Å². The Bertz CT molecular complexity index is 421. The fraction of sp³-hybridized carbons (Fsp3) is 0.462. The van der Waals surface area contributed by atoms with E-state index in [1.54, 1.807) is 0 Å². The maximum Gasteiger partial charge on any atom is 0.335 e. The van der Waals surface area contributed by atoms with Gasteiger partial charge in [-0.2, -0.15) is 0 Å². The summed E-state index contributed by atoms with van der Waals surface area (Å²) in [6.07, 6.45) is 0. The summed E-state index contributed by atoms with van der Waals surface area (Å²) < 4.78 is 13.3. The Hall–Kier alpha value is -1.46. The third-order valence-electron chi connectivity index (χ3n) is 2.59. The van der Waals surface area contributed by atoms with E-state index in [0.717, 1.165) is 19.2 Å². The van der Waals surface area contributed by atoms with Gasteiger partial charge >= 0.3 is 5.97 Å². The van der Waals surface area contributed by atoms with Crippen LogP contribution in [-0.4, -0.2) is 55.1 Å². The second-order valence-corrected chi connectivity index (χ2v) is 4.69. The first-order valence-electron chi connectivity index (χ1n) is 5.74. The lowest BCUT2D eigenvalue weighted by Gasteiger charge is -2.19. The van der Waals surface area contributed by atoms with Crippen LogP contribution in [0.3, 0.4) is 0 Å². The molecule has 1 aromatic carbocycles. The van der Waals surface area contributed by atoms with Gasteiger partial charge in [-0.1, -0.05) is 0 Å². The van der Waals surface area contributed by atoms with E-state index in [-0.39, 0.29) is 5.56 Å². The number of carboxylic acid groups (broad SMARTS) is 1. The molecule has 18 heavy (non-hydrogen) atoms. The molecular formula is C13H19FN2O2. The number of carboxylic acids is 1. The van der Waals surface area contributed by atoms with E-state index in [9.17, 15) is 9.18 Å². The fourth-order valence-corrected chi connectivity index (χ4v) is 1.63. The zero-order valence-electron chi connectivity index (χ0n) is 11.0. The zero-order valence-corrected chi connectivity index (χ0v) is 11.0. The fourth-order valence-electron chi connectivity index (χ4n) is 1.63. The van der Waals surface area contributed by atoms with E-state index in [1.807, 2.05) is 26.0 Å². The van der Waals surface area contributed by atoms with Gasteiger partial charge in [0.2, 0.25) is 0 Å². The zero-order chi connectivity index (χ0) is 13.7. The molecule has 100 valence electrons. The first kappa shape index (κ1) is 14.6. The Kier molecular flexibility index (Phi) is 5.25. The summed E-state index contributed by atoms with van der Waals surface area (Å²) in [7, 11) is 5.89. The highest BCUT2D eigenvalue weighted by atomic mass is 19.1. The maximum absolute atomic E-state index is 13.3. The highest BCUT2D eigenvalue weighted by Crippen LogP contribution is 2.11. The van der Waals surface area contributed by atoms with Gasteiger partial charge in [0.15, 0.2) is 0 Å². The van der Waals surface area contributed by atoms with Gasteiger partial charge in [-0.3, -0.25) is 0 Å². The molecule has 0 aliphatic heterocycles. The van der Waals surface area contributed by atoms with Crippen LogP contribution in [0.5, 0.6) is 0 Å². The number of hydrogen-bond acceptors (Lipinski definition) is 3. The topological polar surface area (TPSA) is 43.8 Å². The van der Waals surface area contributed by atoms with Gasteiger partial charge in [0.05, 0.1) is 5.56 Å². The van der Waals surface area contributed by atoms with Crippen molar-refractivity contribution in [3.05, 3.63) is 35.1 Å². The summed E-state index contributed by atoms with van der Waals surface area (Å²) in [5, 5.41) is 8.86. The molecule has 5 heteroatoms. The lowest BCUT2D eigenvalue weighted by atomic mass is 10.1. The van der Waals surface area contributed by atoms with Crippen LogP contribution in [0.25, 0.3) is 0 Å². The molecule has 0 fully saturated rings. The van der Waals surface area contributed by atoms with Gasteiger partial charge in [-0.25, -0.2) is 9.18 Å². The monoisotopic (exact) mass is 254 g/mol. The van der Waals surface area contributed by atoms with Crippen molar-refractivity contribution in [2.45, 2.75) is 6.54 Å². The first-order valence-corrected chi connectivity index (χ1v) is 5.74. The smallest absolute Gasteiger partial charge is 0.335 e. The van der Waals surface area contributed by atoms with Crippen LogP contribution < -0.4 is 0 Å². The summed E-state index contributed by atoms with van der Waals surface area (Å²) in [5.74, 6) is -1.61. The van der Waals surface area contributed by atoms with Crippen LogP contribution >= 0.6 is 0 Å². The molecule has 1 rings (SSSR count). The summed E-state index contributed by atoms with van der Waals surface area (Å²) in [6, 6.07) is 3.92. The quantitative estimate of drug-likeness (QED) is 0.836. The van der Waals surface area contributed by atoms with Crippen molar-refractivity contribution in [2.75, 3.05) is 34.2 Å². The van der Waals surface area contributed by atoms with E-state index in [2.05, 4.69) is 4.90 Å². The largest absolute Gasteiger partial charge is 0.478 e. The molecule has 0 spiro atoms. The van der Waals surface area contributed by atoms with Gasteiger partial charge in [-0.15, -0.1) is 0 Å². The Labute approximate surface area is 107 Å². The van der Waals surface area contributed by atoms with Crippen LogP contribution in [0.2, 0.25) is 0 Å². The number of aromatic carboxylic acids is 1. The van der Waals surface area contributed by atoms with Crippen molar-refractivity contribution in [1.82, 2.24) is 9.80 Å². The number of likely N-dealkylation sites (N-methyl/N-ethyl adjacent to an activating group) is 2. The molecule has 0 amide bonds. The molecule has 0 aromatic heterocycles. The van der Waals surface area contributed by atoms with Gasteiger partial charge in [0.25, 0.3) is 0 Å². The Morgan fingerprint density at radius 1 is 1.22 bits per heavy atom. The van der Waals surface area contributed by atoms with Crippen molar-refractivity contribution in [3.8, 4) is 0 Å². The molecule has 0 bridgehead atoms. The average Bonchev–Trinajstić information content (AvgIpc) is 2.25. The number of rotatable bonds is 6. The van der Waals surface area contributed by atoms with Crippen LogP contribution in [0, 0.1) is 5.82 Å². The van der Waals surface area contributed by atoms with Crippen molar-refractivity contribution >= 4 is 5.97 Å². The third-order valence-corrected chi connectivity index (χ3v) is 2.59. The van der Waals surface area contributed by atoms with Gasteiger partial charge in [-0.05, 0) is 44.9 Å². The summed E-state index contributed by atoms with van der Waals surface area (Å²) in [4.78, 5) is 14.9. The van der Waals surface area contributed by atoms with Crippen molar-refractivity contribution < 1.29 is 14.3 Å². The molecule has 0 saturated heterocycles. The van der Waals surface area contributed by atoms with E-state index >= 15 is 0 Å². The molecule has 0 saturated carbocycles. The lowest BCUT2D eigenvalue weighted by molar-refractivity contribution is 0.0696. The third kappa shape index (κ3) is 4.81. The van der Waals surface area contributed by atoms with E-state index < -0.39 is 11.8 Å². The number of hydrogen-bond donors (Lipinski definition) is 1. The SMILES string of the molecule is CN(C)CCN(C)Cc1cc(F)cc(C(=O)O)c1. The minimum atomic E-state index is -1.10. The number of carbonyl (C=O) groups is 1. The van der Waals surface area contributed by atoms with Gasteiger partial charge in [0, 0.05) is 19.6 Å². The molecule has 0 radical (unpaired) electrons. The second-order valence-electron chi connectivity index (χ2n) is 4.69. The highest BCUT2D eigenvalue weighted by molar-refractivity contribution is 5.87. The molecule has 0 aliphatic rings. The normalized spacial score (nSPS) is 11.2. The Balaban J connectivity index is 2.69. The summed E-state index contributed by atoms with van der Waals surface area (Å²) >= 11 is 0. The highest BCUT2D eigenvalue weighted by Gasteiger charge is 2.08. The van der Waals surface area contributed by atoms with Crippen molar-refractivity contribution in [1.29, 1.82) is 0 Å². The van der Waals surface area contributed by atoms with Crippen LogP contribution in [0.15, 0.2) is 18.2 Å². The minimum Gasteiger partial charge on any atom is -0.478 e.